The number of aliphatic hydroxyl groups excluding tert-OH is 1. The van der Waals surface area contributed by atoms with Crippen LogP contribution in [-0.4, -0.2) is 28.1 Å². The first-order valence-electron chi connectivity index (χ1n) is 4.22. The molecule has 1 amide bonds. The highest BCUT2D eigenvalue weighted by molar-refractivity contribution is 14.1. The minimum absolute atomic E-state index is 0.0868. The highest BCUT2D eigenvalue weighted by Crippen LogP contribution is 2.08. The summed E-state index contributed by atoms with van der Waals surface area (Å²) in [5.74, 6) is -0.202. The Kier molecular flexibility index (Phi) is 3.54. The van der Waals surface area contributed by atoms with Gasteiger partial charge in [-0.25, -0.2) is 0 Å². The molecular weight excluding hydrogens is 295 g/mol. The Bertz CT molecular complexity index is 333. The van der Waals surface area contributed by atoms with Crippen LogP contribution in [0.15, 0.2) is 12.3 Å². The molecular formula is C9H13IN2O2. The van der Waals surface area contributed by atoms with Gasteiger partial charge in [0.2, 0.25) is 0 Å². The SMILES string of the molecule is CC(C)(CO)NC(=O)c1cc(I)c[nH]1. The van der Waals surface area contributed by atoms with Gasteiger partial charge in [-0.3, -0.25) is 4.79 Å². The smallest absolute Gasteiger partial charge is 0.268 e. The summed E-state index contributed by atoms with van der Waals surface area (Å²) < 4.78 is 0.981. The van der Waals surface area contributed by atoms with Gasteiger partial charge in [0.05, 0.1) is 12.1 Å². The van der Waals surface area contributed by atoms with Crippen LogP contribution in [0.5, 0.6) is 0 Å². The summed E-state index contributed by atoms with van der Waals surface area (Å²) in [5.41, 5.74) is -0.0795. The molecule has 0 saturated carbocycles. The molecule has 5 heteroatoms. The lowest BCUT2D eigenvalue weighted by atomic mass is 10.1. The lowest BCUT2D eigenvalue weighted by Gasteiger charge is -2.22. The van der Waals surface area contributed by atoms with Crippen molar-refractivity contribution in [2.45, 2.75) is 19.4 Å². The Balaban J connectivity index is 2.68. The van der Waals surface area contributed by atoms with Gasteiger partial charge >= 0.3 is 0 Å². The molecule has 0 unspecified atom stereocenters. The summed E-state index contributed by atoms with van der Waals surface area (Å²) in [6, 6.07) is 1.75. The van der Waals surface area contributed by atoms with Gasteiger partial charge in [-0.05, 0) is 42.5 Å². The zero-order chi connectivity index (χ0) is 10.8. The summed E-state index contributed by atoms with van der Waals surface area (Å²) in [6.07, 6.45) is 1.75. The molecule has 78 valence electrons. The molecule has 1 aromatic heterocycles. The third kappa shape index (κ3) is 2.98. The average molecular weight is 308 g/mol. The van der Waals surface area contributed by atoms with Crippen LogP contribution in [0.1, 0.15) is 24.3 Å². The van der Waals surface area contributed by atoms with E-state index in [0.29, 0.717) is 5.69 Å². The first-order valence-corrected chi connectivity index (χ1v) is 5.30. The maximum absolute atomic E-state index is 11.6. The van der Waals surface area contributed by atoms with Crippen molar-refractivity contribution in [3.8, 4) is 0 Å². The van der Waals surface area contributed by atoms with Crippen molar-refractivity contribution in [3.05, 3.63) is 21.5 Å². The van der Waals surface area contributed by atoms with Gasteiger partial charge < -0.3 is 15.4 Å². The Morgan fingerprint density at radius 1 is 1.71 bits per heavy atom. The maximum Gasteiger partial charge on any atom is 0.268 e. The number of amides is 1. The monoisotopic (exact) mass is 308 g/mol. The van der Waals surface area contributed by atoms with E-state index in [1.54, 1.807) is 26.1 Å². The van der Waals surface area contributed by atoms with E-state index in [1.165, 1.54) is 0 Å². The molecule has 0 bridgehead atoms. The Morgan fingerprint density at radius 3 is 2.79 bits per heavy atom. The number of hydrogen-bond donors (Lipinski definition) is 3. The number of carbonyl (C=O) groups excluding carboxylic acids is 1. The summed E-state index contributed by atoms with van der Waals surface area (Å²) in [4.78, 5) is 14.4. The number of halogens is 1. The van der Waals surface area contributed by atoms with Crippen molar-refractivity contribution >= 4 is 28.5 Å². The van der Waals surface area contributed by atoms with Crippen LogP contribution in [0.2, 0.25) is 0 Å². The van der Waals surface area contributed by atoms with E-state index in [9.17, 15) is 4.79 Å². The van der Waals surface area contributed by atoms with Gasteiger partial charge in [-0.2, -0.15) is 0 Å². The quantitative estimate of drug-likeness (QED) is 0.733. The van der Waals surface area contributed by atoms with E-state index in [4.69, 9.17) is 5.11 Å². The van der Waals surface area contributed by atoms with Crippen LogP contribution in [0.3, 0.4) is 0 Å². The predicted molar refractivity (Wildman–Crippen MR) is 62.1 cm³/mol. The minimum Gasteiger partial charge on any atom is -0.394 e. The molecule has 4 nitrogen and oxygen atoms in total. The zero-order valence-electron chi connectivity index (χ0n) is 8.10. The summed E-state index contributed by atoms with van der Waals surface area (Å²) >= 11 is 2.12. The van der Waals surface area contributed by atoms with Crippen molar-refractivity contribution in [2.75, 3.05) is 6.61 Å². The number of aromatic nitrogens is 1. The molecule has 3 N–H and O–H groups in total. The summed E-state index contributed by atoms with van der Waals surface area (Å²) in [7, 11) is 0. The van der Waals surface area contributed by atoms with Gasteiger partial charge in [0.25, 0.3) is 5.91 Å². The van der Waals surface area contributed by atoms with Crippen molar-refractivity contribution in [1.29, 1.82) is 0 Å². The van der Waals surface area contributed by atoms with Gasteiger partial charge in [-0.15, -0.1) is 0 Å². The standard InChI is InChI=1S/C9H13IN2O2/c1-9(2,5-13)12-8(14)7-3-6(10)4-11-7/h3-4,11,13H,5H2,1-2H3,(H,12,14). The van der Waals surface area contributed by atoms with Crippen LogP contribution >= 0.6 is 22.6 Å². The Hall–Kier alpha value is -0.560. The number of rotatable bonds is 3. The molecule has 1 aromatic rings. The van der Waals surface area contributed by atoms with Crippen molar-refractivity contribution < 1.29 is 9.90 Å². The predicted octanol–water partition coefficient (Wildman–Crippen LogP) is 1.12. The minimum atomic E-state index is -0.590. The second-order valence-electron chi connectivity index (χ2n) is 3.73. The van der Waals surface area contributed by atoms with Gasteiger partial charge in [0.15, 0.2) is 0 Å². The number of carbonyl (C=O) groups is 1. The zero-order valence-corrected chi connectivity index (χ0v) is 10.3. The van der Waals surface area contributed by atoms with E-state index in [1.807, 2.05) is 0 Å². The van der Waals surface area contributed by atoms with Crippen molar-refractivity contribution in [3.63, 3.8) is 0 Å². The van der Waals surface area contributed by atoms with Crippen molar-refractivity contribution in [2.24, 2.45) is 0 Å². The molecule has 0 aliphatic rings. The van der Waals surface area contributed by atoms with Gasteiger partial charge in [-0.1, -0.05) is 0 Å². The Labute approximate surface area is 96.2 Å². The van der Waals surface area contributed by atoms with Gasteiger partial charge in [0.1, 0.15) is 5.69 Å². The molecule has 0 atom stereocenters. The fourth-order valence-corrected chi connectivity index (χ4v) is 1.38. The summed E-state index contributed by atoms with van der Waals surface area (Å²) in [5, 5.41) is 11.7. The van der Waals surface area contributed by atoms with E-state index in [0.717, 1.165) is 3.57 Å². The Morgan fingerprint density at radius 2 is 2.36 bits per heavy atom. The second kappa shape index (κ2) is 4.31. The molecule has 14 heavy (non-hydrogen) atoms. The number of nitrogens with one attached hydrogen (secondary N) is 2. The first-order chi connectivity index (χ1) is 6.44. The fraction of sp³-hybridized carbons (Fsp3) is 0.444. The topological polar surface area (TPSA) is 65.1 Å². The summed E-state index contributed by atoms with van der Waals surface area (Å²) in [6.45, 7) is 3.44. The van der Waals surface area contributed by atoms with Crippen LogP contribution in [0.25, 0.3) is 0 Å². The van der Waals surface area contributed by atoms with E-state index in [2.05, 4.69) is 32.9 Å². The van der Waals surface area contributed by atoms with Crippen LogP contribution in [0.4, 0.5) is 0 Å². The van der Waals surface area contributed by atoms with Crippen molar-refractivity contribution in [1.82, 2.24) is 10.3 Å². The van der Waals surface area contributed by atoms with E-state index >= 15 is 0 Å². The fourth-order valence-electron chi connectivity index (χ4n) is 0.913. The molecule has 0 saturated heterocycles. The van der Waals surface area contributed by atoms with Crippen LogP contribution in [0, 0.1) is 3.57 Å². The first kappa shape index (κ1) is 11.5. The molecule has 0 aliphatic heterocycles. The van der Waals surface area contributed by atoms with Gasteiger partial charge in [0, 0.05) is 9.77 Å². The lowest BCUT2D eigenvalue weighted by molar-refractivity contribution is 0.0865. The molecule has 0 aromatic carbocycles. The second-order valence-corrected chi connectivity index (χ2v) is 4.97. The van der Waals surface area contributed by atoms with E-state index in [-0.39, 0.29) is 12.5 Å². The third-order valence-electron chi connectivity index (χ3n) is 1.74. The number of H-pyrrole nitrogens is 1. The molecule has 0 spiro atoms. The number of aliphatic hydroxyl groups is 1. The molecule has 1 heterocycles. The lowest BCUT2D eigenvalue weighted by Crippen LogP contribution is -2.46. The average Bonchev–Trinajstić information content (AvgIpc) is 2.51. The highest BCUT2D eigenvalue weighted by atomic mass is 127. The van der Waals surface area contributed by atoms with Crippen LogP contribution in [-0.2, 0) is 0 Å². The molecule has 0 radical (unpaired) electrons. The van der Waals surface area contributed by atoms with E-state index < -0.39 is 5.54 Å². The molecule has 0 fully saturated rings. The maximum atomic E-state index is 11.6. The highest BCUT2D eigenvalue weighted by Gasteiger charge is 2.20. The number of hydrogen-bond acceptors (Lipinski definition) is 2. The third-order valence-corrected chi connectivity index (χ3v) is 2.36. The normalized spacial score (nSPS) is 11.4. The number of aromatic amines is 1. The molecule has 1 rings (SSSR count). The van der Waals surface area contributed by atoms with Crippen LogP contribution < -0.4 is 5.32 Å². The molecule has 0 aliphatic carbocycles. The largest absolute Gasteiger partial charge is 0.394 e.